The first kappa shape index (κ1) is 13.2. The van der Waals surface area contributed by atoms with E-state index in [-0.39, 0.29) is 0 Å². The zero-order chi connectivity index (χ0) is 15.0. The predicted octanol–water partition coefficient (Wildman–Crippen LogP) is 2.38. The van der Waals surface area contributed by atoms with Crippen molar-refractivity contribution in [3.63, 3.8) is 0 Å². The van der Waals surface area contributed by atoms with E-state index in [2.05, 4.69) is 15.3 Å². The van der Waals surface area contributed by atoms with Gasteiger partial charge in [0, 0.05) is 18.8 Å². The van der Waals surface area contributed by atoms with E-state index >= 15 is 0 Å². The fourth-order valence-electron chi connectivity index (χ4n) is 2.45. The molecule has 0 unspecified atom stereocenters. The zero-order valence-electron chi connectivity index (χ0n) is 12.2. The number of nitrogens with two attached hydrogens (primary N) is 1. The third kappa shape index (κ3) is 2.24. The molecule has 3 aromatic rings. The molecule has 0 saturated carbocycles. The van der Waals surface area contributed by atoms with Crippen LogP contribution in [-0.4, -0.2) is 27.1 Å². The summed E-state index contributed by atoms with van der Waals surface area (Å²) in [5.74, 6) is 1.28. The molecule has 0 radical (unpaired) electrons. The Labute approximate surface area is 122 Å². The number of anilines is 1. The number of H-pyrrole nitrogens is 1. The van der Waals surface area contributed by atoms with E-state index < -0.39 is 0 Å². The van der Waals surface area contributed by atoms with Crippen molar-refractivity contribution in [2.45, 2.75) is 6.92 Å². The number of rotatable bonds is 3. The van der Waals surface area contributed by atoms with Crippen LogP contribution >= 0.6 is 0 Å². The lowest BCUT2D eigenvalue weighted by Gasteiger charge is -2.05. The topological polar surface area (TPSA) is 81.8 Å². The van der Waals surface area contributed by atoms with E-state index in [0.717, 1.165) is 33.8 Å². The van der Waals surface area contributed by atoms with Crippen molar-refractivity contribution in [2.75, 3.05) is 12.8 Å². The largest absolute Gasteiger partial charge is 0.497 e. The van der Waals surface area contributed by atoms with Crippen LogP contribution in [0.2, 0.25) is 0 Å². The Bertz CT molecular complexity index is 770. The first-order chi connectivity index (χ1) is 10.1. The Hall–Kier alpha value is -2.76. The van der Waals surface area contributed by atoms with Crippen LogP contribution in [0.1, 0.15) is 5.69 Å². The average molecular weight is 283 g/mol. The van der Waals surface area contributed by atoms with Crippen molar-refractivity contribution in [1.82, 2.24) is 20.0 Å². The van der Waals surface area contributed by atoms with Gasteiger partial charge in [-0.3, -0.25) is 9.78 Å². The summed E-state index contributed by atoms with van der Waals surface area (Å²) < 4.78 is 6.96. The quantitative estimate of drug-likeness (QED) is 0.773. The van der Waals surface area contributed by atoms with E-state index in [1.165, 1.54) is 0 Å². The Morgan fingerprint density at radius 3 is 2.52 bits per heavy atom. The van der Waals surface area contributed by atoms with Gasteiger partial charge in [0.2, 0.25) is 0 Å². The Kier molecular flexibility index (Phi) is 3.13. The van der Waals surface area contributed by atoms with Gasteiger partial charge in [-0.05, 0) is 24.6 Å². The Morgan fingerprint density at radius 1 is 1.24 bits per heavy atom. The summed E-state index contributed by atoms with van der Waals surface area (Å²) in [5.41, 5.74) is 10.7. The lowest BCUT2D eigenvalue weighted by atomic mass is 10.0. The van der Waals surface area contributed by atoms with Gasteiger partial charge >= 0.3 is 0 Å². The lowest BCUT2D eigenvalue weighted by Crippen LogP contribution is -1.89. The highest BCUT2D eigenvalue weighted by Crippen LogP contribution is 2.36. The van der Waals surface area contributed by atoms with Gasteiger partial charge in [0.25, 0.3) is 0 Å². The second-order valence-electron chi connectivity index (χ2n) is 4.89. The summed E-state index contributed by atoms with van der Waals surface area (Å²) in [6.45, 7) is 1.96. The number of aromatic amines is 1. The number of aryl methyl sites for hydroxylation is 2. The van der Waals surface area contributed by atoms with Crippen molar-refractivity contribution in [1.29, 1.82) is 0 Å². The molecule has 0 aliphatic rings. The highest BCUT2D eigenvalue weighted by molar-refractivity contribution is 5.88. The number of benzene rings is 1. The van der Waals surface area contributed by atoms with Crippen molar-refractivity contribution in [2.24, 2.45) is 7.05 Å². The standard InChI is InChI=1S/C15H17N5O/c1-9-12(8-20(2)19-9)14-13(15(16)18-17-14)10-4-6-11(21-3)7-5-10/h4-8H,1-3H3,(H3,16,17,18). The molecule has 0 spiro atoms. The number of nitrogen functional groups attached to an aromatic ring is 1. The normalized spacial score (nSPS) is 10.8. The molecule has 21 heavy (non-hydrogen) atoms. The van der Waals surface area contributed by atoms with E-state index in [4.69, 9.17) is 10.5 Å². The van der Waals surface area contributed by atoms with E-state index in [1.54, 1.807) is 11.8 Å². The van der Waals surface area contributed by atoms with Crippen molar-refractivity contribution in [3.8, 4) is 28.1 Å². The monoisotopic (exact) mass is 283 g/mol. The van der Waals surface area contributed by atoms with Crippen LogP contribution in [0.4, 0.5) is 5.82 Å². The number of ether oxygens (including phenoxy) is 1. The summed E-state index contributed by atoms with van der Waals surface area (Å²) in [4.78, 5) is 0. The third-order valence-corrected chi connectivity index (χ3v) is 3.46. The molecule has 2 heterocycles. The summed E-state index contributed by atoms with van der Waals surface area (Å²) in [5, 5.41) is 11.5. The molecule has 0 aliphatic heterocycles. The molecule has 3 N–H and O–H groups in total. The van der Waals surface area contributed by atoms with Gasteiger partial charge < -0.3 is 10.5 Å². The third-order valence-electron chi connectivity index (χ3n) is 3.46. The molecule has 0 bridgehead atoms. The average Bonchev–Trinajstić information content (AvgIpc) is 3.01. The number of nitrogens with one attached hydrogen (secondary N) is 1. The number of aromatic nitrogens is 4. The second-order valence-corrected chi connectivity index (χ2v) is 4.89. The minimum atomic E-state index is 0.471. The first-order valence-electron chi connectivity index (χ1n) is 6.59. The SMILES string of the molecule is COc1ccc(-c2c(N)n[nH]c2-c2cn(C)nc2C)cc1. The van der Waals surface area contributed by atoms with Crippen LogP contribution in [0.15, 0.2) is 30.5 Å². The molecular weight excluding hydrogens is 266 g/mol. The fraction of sp³-hybridized carbons (Fsp3) is 0.200. The molecule has 0 amide bonds. The molecular formula is C15H17N5O. The van der Waals surface area contributed by atoms with E-state index in [1.807, 2.05) is 44.4 Å². The smallest absolute Gasteiger partial charge is 0.153 e. The van der Waals surface area contributed by atoms with Crippen molar-refractivity contribution >= 4 is 5.82 Å². The summed E-state index contributed by atoms with van der Waals surface area (Å²) in [7, 11) is 3.54. The van der Waals surface area contributed by atoms with Crippen LogP contribution in [0.3, 0.4) is 0 Å². The van der Waals surface area contributed by atoms with Crippen LogP contribution < -0.4 is 10.5 Å². The summed E-state index contributed by atoms with van der Waals surface area (Å²) in [6.07, 6.45) is 1.95. The molecule has 2 aromatic heterocycles. The van der Waals surface area contributed by atoms with Crippen LogP contribution in [0.5, 0.6) is 5.75 Å². The minimum Gasteiger partial charge on any atom is -0.497 e. The maximum absolute atomic E-state index is 6.04. The molecule has 6 heteroatoms. The zero-order valence-corrected chi connectivity index (χ0v) is 12.2. The predicted molar refractivity (Wildman–Crippen MR) is 81.9 cm³/mol. The molecule has 108 valence electrons. The minimum absolute atomic E-state index is 0.471. The molecule has 3 rings (SSSR count). The van der Waals surface area contributed by atoms with Gasteiger partial charge in [-0.1, -0.05) is 12.1 Å². The second kappa shape index (κ2) is 4.97. The van der Waals surface area contributed by atoms with Crippen LogP contribution in [0, 0.1) is 6.92 Å². The highest BCUT2D eigenvalue weighted by atomic mass is 16.5. The maximum Gasteiger partial charge on any atom is 0.153 e. The van der Waals surface area contributed by atoms with Crippen LogP contribution in [-0.2, 0) is 7.05 Å². The Balaban J connectivity index is 2.14. The van der Waals surface area contributed by atoms with Gasteiger partial charge in [-0.2, -0.15) is 10.2 Å². The van der Waals surface area contributed by atoms with Gasteiger partial charge in [0.05, 0.1) is 24.1 Å². The van der Waals surface area contributed by atoms with Crippen molar-refractivity contribution in [3.05, 3.63) is 36.2 Å². The number of methoxy groups -OCH3 is 1. The molecule has 1 aromatic carbocycles. The Morgan fingerprint density at radius 2 is 1.95 bits per heavy atom. The van der Waals surface area contributed by atoms with E-state index in [9.17, 15) is 0 Å². The molecule has 0 atom stereocenters. The summed E-state index contributed by atoms with van der Waals surface area (Å²) >= 11 is 0. The number of hydrogen-bond donors (Lipinski definition) is 2. The molecule has 6 nitrogen and oxygen atoms in total. The van der Waals surface area contributed by atoms with Crippen molar-refractivity contribution < 1.29 is 4.74 Å². The van der Waals surface area contributed by atoms with Gasteiger partial charge in [-0.15, -0.1) is 0 Å². The number of hydrogen-bond acceptors (Lipinski definition) is 4. The van der Waals surface area contributed by atoms with Gasteiger partial charge in [-0.25, -0.2) is 0 Å². The summed E-state index contributed by atoms with van der Waals surface area (Å²) in [6, 6.07) is 7.74. The van der Waals surface area contributed by atoms with Crippen LogP contribution in [0.25, 0.3) is 22.4 Å². The highest BCUT2D eigenvalue weighted by Gasteiger charge is 2.18. The maximum atomic E-state index is 6.04. The fourth-order valence-corrected chi connectivity index (χ4v) is 2.45. The molecule has 0 saturated heterocycles. The van der Waals surface area contributed by atoms with Gasteiger partial charge in [0.15, 0.2) is 5.82 Å². The molecule has 0 fully saturated rings. The lowest BCUT2D eigenvalue weighted by molar-refractivity contribution is 0.415. The first-order valence-corrected chi connectivity index (χ1v) is 6.59. The van der Waals surface area contributed by atoms with Gasteiger partial charge in [0.1, 0.15) is 5.75 Å². The van der Waals surface area contributed by atoms with E-state index in [0.29, 0.717) is 5.82 Å². The molecule has 0 aliphatic carbocycles. The number of nitrogens with zero attached hydrogens (tertiary/aromatic N) is 3.